The number of imide groups is 1. The van der Waals surface area contributed by atoms with Crippen LogP contribution in [0.4, 0.5) is 5.69 Å². The van der Waals surface area contributed by atoms with Crippen LogP contribution in [0.3, 0.4) is 0 Å². The first-order chi connectivity index (χ1) is 26.8. The number of nitrogens with zero attached hydrogens (tertiary/aromatic N) is 4. The number of aliphatic hydroxyl groups is 1. The highest BCUT2D eigenvalue weighted by molar-refractivity contribution is 6.05. The monoisotopic (exact) mass is 739 g/mol. The van der Waals surface area contributed by atoms with E-state index in [0.717, 1.165) is 69.8 Å². The van der Waals surface area contributed by atoms with Gasteiger partial charge in [-0.2, -0.15) is 0 Å². The molecule has 5 aliphatic rings. The third-order valence-corrected chi connectivity index (χ3v) is 12.5. The van der Waals surface area contributed by atoms with Crippen LogP contribution in [0, 0.1) is 0 Å². The van der Waals surface area contributed by atoms with Crippen molar-refractivity contribution in [2.75, 3.05) is 44.2 Å². The molecule has 2 N–H and O–H groups in total. The van der Waals surface area contributed by atoms with Gasteiger partial charge in [-0.15, -0.1) is 0 Å². The number of allylic oxidation sites excluding steroid dienone is 3. The van der Waals surface area contributed by atoms with E-state index in [9.17, 15) is 19.5 Å². The summed E-state index contributed by atoms with van der Waals surface area (Å²) in [5.41, 5.74) is 6.94. The maximum absolute atomic E-state index is 13.2. The van der Waals surface area contributed by atoms with Gasteiger partial charge in [0.15, 0.2) is 0 Å². The summed E-state index contributed by atoms with van der Waals surface area (Å²) in [6.45, 7) is 8.70. The normalized spacial score (nSPS) is 25.4. The van der Waals surface area contributed by atoms with Crippen molar-refractivity contribution in [3.8, 4) is 0 Å². The Kier molecular flexibility index (Phi) is 10.9. The summed E-state index contributed by atoms with van der Waals surface area (Å²) >= 11 is 0. The molecule has 4 unspecified atom stereocenters. The van der Waals surface area contributed by atoms with E-state index >= 15 is 0 Å². The summed E-state index contributed by atoms with van der Waals surface area (Å²) in [5, 5.41) is 13.6. The van der Waals surface area contributed by atoms with Crippen molar-refractivity contribution >= 4 is 35.1 Å². The van der Waals surface area contributed by atoms with Crippen molar-refractivity contribution in [3.63, 3.8) is 0 Å². The number of hydrogen-bond acceptors (Lipinski definition) is 7. The lowest BCUT2D eigenvalue weighted by atomic mass is 9.87. The van der Waals surface area contributed by atoms with Crippen molar-refractivity contribution < 1.29 is 19.5 Å². The van der Waals surface area contributed by atoms with Gasteiger partial charge in [0.05, 0.1) is 5.60 Å². The minimum absolute atomic E-state index is 0.126. The summed E-state index contributed by atoms with van der Waals surface area (Å²) in [5.74, 6) is -0.770. The van der Waals surface area contributed by atoms with Crippen molar-refractivity contribution in [3.05, 3.63) is 125 Å². The van der Waals surface area contributed by atoms with E-state index in [0.29, 0.717) is 43.5 Å². The molecule has 3 amide bonds. The first kappa shape index (κ1) is 37.1. The van der Waals surface area contributed by atoms with E-state index in [1.807, 2.05) is 36.4 Å². The van der Waals surface area contributed by atoms with Gasteiger partial charge < -0.3 is 14.9 Å². The second kappa shape index (κ2) is 16.1. The number of piperidine rings is 1. The third-order valence-electron chi connectivity index (χ3n) is 12.5. The Morgan fingerprint density at radius 3 is 2.55 bits per heavy atom. The topological polar surface area (TPSA) is 96.4 Å². The van der Waals surface area contributed by atoms with Crippen LogP contribution in [0.1, 0.15) is 90.5 Å². The summed E-state index contributed by atoms with van der Waals surface area (Å²) in [6, 6.07) is 26.0. The largest absolute Gasteiger partial charge is 0.385 e. The standard InChI is InChI=1S/C46H53N5O4/c1-2-41(36-13-9-10-33(29-36)28-35(34-11-5-3-6-12-34)18-22-46(55)20-7-4-8-21-46)50-23-19-39(32-50)49-26-24-48(25-27-49)38-14-15-40-37(30-38)31-51(45(40)54)42-16-17-43(52)47-44(42)53/h3-15,20,28-30,39,41-42,55H,2,16-19,21-27,31-32H2,1H3,(H,47,52,53)/b35-28+. The molecule has 0 saturated carbocycles. The van der Waals surface area contributed by atoms with E-state index in [4.69, 9.17) is 0 Å². The van der Waals surface area contributed by atoms with Crippen molar-refractivity contribution in [1.29, 1.82) is 0 Å². The lowest BCUT2D eigenvalue weighted by molar-refractivity contribution is -0.136. The first-order valence-corrected chi connectivity index (χ1v) is 20.2. The number of anilines is 1. The zero-order valence-corrected chi connectivity index (χ0v) is 31.9. The smallest absolute Gasteiger partial charge is 0.255 e. The number of hydrogen-bond donors (Lipinski definition) is 2. The maximum atomic E-state index is 13.2. The molecule has 8 rings (SSSR count). The molecular formula is C46H53N5O4. The van der Waals surface area contributed by atoms with Gasteiger partial charge in [-0.3, -0.25) is 29.5 Å². The number of carbonyl (C=O) groups is 3. The highest BCUT2D eigenvalue weighted by Gasteiger charge is 2.40. The molecule has 3 aromatic rings. The molecule has 3 fully saturated rings. The van der Waals surface area contributed by atoms with Crippen molar-refractivity contribution in [2.45, 2.75) is 82.1 Å². The van der Waals surface area contributed by atoms with Gasteiger partial charge in [0, 0.05) is 75.6 Å². The molecule has 4 atom stereocenters. The second-order valence-corrected chi connectivity index (χ2v) is 15.9. The van der Waals surface area contributed by atoms with Crippen LogP contribution in [0.5, 0.6) is 0 Å². The number of carbonyl (C=O) groups excluding carboxylic acids is 3. The fourth-order valence-corrected chi connectivity index (χ4v) is 9.36. The molecule has 55 heavy (non-hydrogen) atoms. The summed E-state index contributed by atoms with van der Waals surface area (Å²) < 4.78 is 0. The second-order valence-electron chi connectivity index (χ2n) is 15.9. The lowest BCUT2D eigenvalue weighted by Crippen LogP contribution is -2.52. The molecule has 286 valence electrons. The predicted octanol–water partition coefficient (Wildman–Crippen LogP) is 6.36. The van der Waals surface area contributed by atoms with Crippen molar-refractivity contribution in [1.82, 2.24) is 20.0 Å². The Bertz CT molecular complexity index is 2000. The predicted molar refractivity (Wildman–Crippen MR) is 217 cm³/mol. The van der Waals surface area contributed by atoms with E-state index in [2.05, 4.69) is 93.7 Å². The Hall–Kier alpha value is -4.83. The van der Waals surface area contributed by atoms with Gasteiger partial charge in [0.25, 0.3) is 5.91 Å². The van der Waals surface area contributed by atoms with Gasteiger partial charge >= 0.3 is 0 Å². The molecule has 3 saturated heterocycles. The van der Waals surface area contributed by atoms with Crippen LogP contribution in [-0.2, 0) is 16.1 Å². The fourth-order valence-electron chi connectivity index (χ4n) is 9.36. The SMILES string of the molecule is CCC(c1cccc(/C=C(\CCC2(O)C=CC=CC2)c2ccccc2)c1)N1CCC(N2CCN(c3ccc4c(c3)CN(C3CCC(=O)NC3=O)C4=O)CC2)C1. The number of benzene rings is 3. The zero-order chi connectivity index (χ0) is 37.9. The molecule has 4 aliphatic heterocycles. The Morgan fingerprint density at radius 2 is 1.78 bits per heavy atom. The summed E-state index contributed by atoms with van der Waals surface area (Å²) in [7, 11) is 0. The average Bonchev–Trinajstić information content (AvgIpc) is 3.82. The highest BCUT2D eigenvalue weighted by atomic mass is 16.3. The molecule has 0 radical (unpaired) electrons. The number of nitrogens with one attached hydrogen (secondary N) is 1. The Balaban J connectivity index is 0.886. The van der Waals surface area contributed by atoms with Crippen LogP contribution >= 0.6 is 0 Å². The van der Waals surface area contributed by atoms with E-state index in [1.165, 1.54) is 22.3 Å². The Morgan fingerprint density at radius 1 is 0.945 bits per heavy atom. The van der Waals surface area contributed by atoms with Gasteiger partial charge in [-0.25, -0.2) is 0 Å². The zero-order valence-electron chi connectivity index (χ0n) is 31.9. The molecular weight excluding hydrogens is 687 g/mol. The Labute approximate surface area is 325 Å². The molecule has 0 aromatic heterocycles. The van der Waals surface area contributed by atoms with E-state index < -0.39 is 11.6 Å². The number of amides is 3. The number of fused-ring (bicyclic) bond motifs is 1. The molecule has 9 heteroatoms. The van der Waals surface area contributed by atoms with E-state index in [1.54, 1.807) is 4.90 Å². The minimum Gasteiger partial charge on any atom is -0.385 e. The van der Waals surface area contributed by atoms with Gasteiger partial charge in [-0.1, -0.05) is 91.9 Å². The quantitative estimate of drug-likeness (QED) is 0.175. The lowest BCUT2D eigenvalue weighted by Gasteiger charge is -2.39. The van der Waals surface area contributed by atoms with Crippen LogP contribution in [0.2, 0.25) is 0 Å². The summed E-state index contributed by atoms with van der Waals surface area (Å²) in [6.07, 6.45) is 15.2. The molecule has 4 heterocycles. The fraction of sp³-hybridized carbons (Fsp3) is 0.413. The molecule has 9 nitrogen and oxygen atoms in total. The van der Waals surface area contributed by atoms with Crippen LogP contribution in [-0.4, -0.2) is 94.5 Å². The molecule has 3 aromatic carbocycles. The van der Waals surface area contributed by atoms with E-state index in [-0.39, 0.29) is 24.1 Å². The number of likely N-dealkylation sites (tertiary alicyclic amines) is 1. The van der Waals surface area contributed by atoms with Crippen molar-refractivity contribution in [2.24, 2.45) is 0 Å². The molecule has 0 bridgehead atoms. The van der Waals surface area contributed by atoms with Crippen LogP contribution < -0.4 is 10.2 Å². The van der Waals surface area contributed by atoms with Gasteiger partial charge in [0.1, 0.15) is 6.04 Å². The summed E-state index contributed by atoms with van der Waals surface area (Å²) in [4.78, 5) is 46.8. The van der Waals surface area contributed by atoms with Gasteiger partial charge in [-0.05, 0) is 84.6 Å². The first-order valence-electron chi connectivity index (χ1n) is 20.2. The number of rotatable bonds is 11. The molecule has 1 aliphatic carbocycles. The average molecular weight is 740 g/mol. The minimum atomic E-state index is -0.802. The highest BCUT2D eigenvalue weighted by Crippen LogP contribution is 2.35. The third kappa shape index (κ3) is 8.11. The van der Waals surface area contributed by atoms with Crippen LogP contribution in [0.15, 0.2) is 97.1 Å². The molecule has 0 spiro atoms. The maximum Gasteiger partial charge on any atom is 0.255 e. The van der Waals surface area contributed by atoms with Gasteiger partial charge in [0.2, 0.25) is 11.8 Å². The number of piperazine rings is 1. The van der Waals surface area contributed by atoms with Crippen LogP contribution in [0.25, 0.3) is 11.6 Å².